The van der Waals surface area contributed by atoms with E-state index in [-0.39, 0.29) is 0 Å². The molecule has 3 nitrogen and oxygen atoms in total. The first kappa shape index (κ1) is 15.5. The number of rotatable bonds is 5. The molecule has 1 aromatic heterocycles. The lowest BCUT2D eigenvalue weighted by Crippen LogP contribution is -2.21. The first-order chi connectivity index (χ1) is 10.0. The minimum absolute atomic E-state index is 0.521. The zero-order valence-corrected chi connectivity index (χ0v) is 13.5. The van der Waals surface area contributed by atoms with Crippen LogP contribution in [-0.4, -0.2) is 12.0 Å². The maximum Gasteiger partial charge on any atom is 0.133 e. The zero-order valence-electron chi connectivity index (χ0n) is 13.5. The Balaban J connectivity index is 2.25. The fourth-order valence-electron chi connectivity index (χ4n) is 2.64. The molecule has 0 aliphatic heterocycles. The van der Waals surface area contributed by atoms with Gasteiger partial charge >= 0.3 is 0 Å². The van der Waals surface area contributed by atoms with E-state index in [1.54, 1.807) is 0 Å². The van der Waals surface area contributed by atoms with Crippen molar-refractivity contribution in [1.29, 1.82) is 0 Å². The van der Waals surface area contributed by atoms with Gasteiger partial charge in [-0.15, -0.1) is 0 Å². The molecule has 112 valence electrons. The summed E-state index contributed by atoms with van der Waals surface area (Å²) in [5.74, 6) is 0.995. The van der Waals surface area contributed by atoms with Gasteiger partial charge in [0, 0.05) is 31.4 Å². The van der Waals surface area contributed by atoms with E-state index in [9.17, 15) is 0 Å². The topological polar surface area (TPSA) is 42.2 Å². The van der Waals surface area contributed by atoms with Crippen molar-refractivity contribution in [2.24, 2.45) is 5.73 Å². The van der Waals surface area contributed by atoms with Crippen LogP contribution in [0.3, 0.4) is 0 Å². The Hall–Kier alpha value is -1.87. The molecule has 0 amide bonds. The van der Waals surface area contributed by atoms with Crippen LogP contribution < -0.4 is 10.6 Å². The Morgan fingerprint density at radius 3 is 2.29 bits per heavy atom. The summed E-state index contributed by atoms with van der Waals surface area (Å²) in [7, 11) is 2.08. The number of hydrogen-bond donors (Lipinski definition) is 1. The second-order valence-electron chi connectivity index (χ2n) is 5.61. The van der Waals surface area contributed by atoms with Crippen molar-refractivity contribution in [1.82, 2.24) is 4.98 Å². The van der Waals surface area contributed by atoms with Crippen molar-refractivity contribution >= 4 is 5.82 Å². The molecular formula is C18H25N3. The largest absolute Gasteiger partial charge is 0.355 e. The second-order valence-corrected chi connectivity index (χ2v) is 5.61. The van der Waals surface area contributed by atoms with Gasteiger partial charge in [-0.2, -0.15) is 0 Å². The van der Waals surface area contributed by atoms with Gasteiger partial charge < -0.3 is 10.6 Å². The van der Waals surface area contributed by atoms with E-state index in [4.69, 9.17) is 5.73 Å². The maximum absolute atomic E-state index is 5.90. The summed E-state index contributed by atoms with van der Waals surface area (Å²) < 4.78 is 0. The van der Waals surface area contributed by atoms with Crippen LogP contribution in [-0.2, 0) is 19.5 Å². The molecule has 0 aliphatic rings. The molecule has 0 fully saturated rings. The fourth-order valence-corrected chi connectivity index (χ4v) is 2.64. The molecule has 0 atom stereocenters. The third-order valence-corrected chi connectivity index (χ3v) is 3.87. The summed E-state index contributed by atoms with van der Waals surface area (Å²) in [6.07, 6.45) is 1.08. The molecular weight excluding hydrogens is 258 g/mol. The molecule has 2 N–H and O–H groups in total. The standard InChI is InChI=1S/C18H25N3/c1-5-15-6-8-16(9-7-15)12-21(4)18-17(11-19)13(2)10-14(3)20-18/h6-10H,5,11-12,19H2,1-4H3. The molecule has 0 unspecified atom stereocenters. The highest BCUT2D eigenvalue weighted by molar-refractivity contribution is 5.51. The molecule has 2 rings (SSSR count). The molecule has 0 aliphatic carbocycles. The lowest BCUT2D eigenvalue weighted by molar-refractivity contribution is 0.864. The maximum atomic E-state index is 5.90. The molecule has 3 heteroatoms. The first-order valence-corrected chi connectivity index (χ1v) is 7.51. The number of anilines is 1. The Labute approximate surface area is 127 Å². The van der Waals surface area contributed by atoms with Gasteiger partial charge in [-0.1, -0.05) is 31.2 Å². The van der Waals surface area contributed by atoms with Crippen LogP contribution in [0, 0.1) is 13.8 Å². The fraction of sp³-hybridized carbons (Fsp3) is 0.389. The zero-order chi connectivity index (χ0) is 15.4. The number of nitrogens with two attached hydrogens (primary N) is 1. The van der Waals surface area contributed by atoms with E-state index in [0.717, 1.165) is 30.0 Å². The Bertz CT molecular complexity index is 603. The van der Waals surface area contributed by atoms with Crippen LogP contribution in [0.15, 0.2) is 30.3 Å². The van der Waals surface area contributed by atoms with Crippen LogP contribution >= 0.6 is 0 Å². The Morgan fingerprint density at radius 2 is 1.71 bits per heavy atom. The highest BCUT2D eigenvalue weighted by atomic mass is 15.2. The quantitative estimate of drug-likeness (QED) is 0.915. The van der Waals surface area contributed by atoms with Gasteiger partial charge in [0.1, 0.15) is 5.82 Å². The van der Waals surface area contributed by atoms with Crippen LogP contribution in [0.4, 0.5) is 5.82 Å². The highest BCUT2D eigenvalue weighted by Crippen LogP contribution is 2.22. The van der Waals surface area contributed by atoms with Crippen molar-refractivity contribution in [3.8, 4) is 0 Å². The summed E-state index contributed by atoms with van der Waals surface area (Å²) in [5.41, 5.74) is 11.9. The average molecular weight is 283 g/mol. The molecule has 1 heterocycles. The number of aryl methyl sites for hydroxylation is 3. The number of aromatic nitrogens is 1. The van der Waals surface area contributed by atoms with Gasteiger partial charge in [0.05, 0.1) is 0 Å². The van der Waals surface area contributed by atoms with E-state index in [1.165, 1.54) is 16.7 Å². The lowest BCUT2D eigenvalue weighted by Gasteiger charge is -2.23. The first-order valence-electron chi connectivity index (χ1n) is 7.51. The van der Waals surface area contributed by atoms with Gasteiger partial charge in [-0.25, -0.2) is 4.98 Å². The van der Waals surface area contributed by atoms with Gasteiger partial charge in [0.25, 0.3) is 0 Å². The van der Waals surface area contributed by atoms with Crippen LogP contribution in [0.5, 0.6) is 0 Å². The molecule has 2 aromatic rings. The third-order valence-electron chi connectivity index (χ3n) is 3.87. The molecule has 0 saturated heterocycles. The highest BCUT2D eigenvalue weighted by Gasteiger charge is 2.12. The van der Waals surface area contributed by atoms with Gasteiger partial charge in [-0.05, 0) is 43.0 Å². The number of benzene rings is 1. The van der Waals surface area contributed by atoms with Crippen molar-refractivity contribution in [3.63, 3.8) is 0 Å². The van der Waals surface area contributed by atoms with E-state index in [1.807, 2.05) is 6.92 Å². The van der Waals surface area contributed by atoms with Gasteiger partial charge in [0.2, 0.25) is 0 Å². The summed E-state index contributed by atoms with van der Waals surface area (Å²) in [4.78, 5) is 6.86. The van der Waals surface area contributed by atoms with Crippen LogP contribution in [0.1, 0.15) is 34.9 Å². The lowest BCUT2D eigenvalue weighted by atomic mass is 10.1. The number of nitrogens with zero attached hydrogens (tertiary/aromatic N) is 2. The smallest absolute Gasteiger partial charge is 0.133 e. The van der Waals surface area contributed by atoms with Crippen molar-refractivity contribution in [2.45, 2.75) is 40.3 Å². The molecule has 0 bridgehead atoms. The van der Waals surface area contributed by atoms with Crippen molar-refractivity contribution < 1.29 is 0 Å². The minimum atomic E-state index is 0.521. The van der Waals surface area contributed by atoms with E-state index < -0.39 is 0 Å². The summed E-state index contributed by atoms with van der Waals surface area (Å²) in [6, 6.07) is 10.9. The molecule has 21 heavy (non-hydrogen) atoms. The average Bonchev–Trinajstić information content (AvgIpc) is 2.47. The van der Waals surface area contributed by atoms with E-state index in [2.05, 4.69) is 61.1 Å². The van der Waals surface area contributed by atoms with E-state index >= 15 is 0 Å². The normalized spacial score (nSPS) is 10.7. The van der Waals surface area contributed by atoms with Gasteiger partial charge in [-0.3, -0.25) is 0 Å². The van der Waals surface area contributed by atoms with Crippen LogP contribution in [0.2, 0.25) is 0 Å². The molecule has 0 radical (unpaired) electrons. The molecule has 0 spiro atoms. The van der Waals surface area contributed by atoms with Crippen molar-refractivity contribution in [3.05, 3.63) is 58.3 Å². The Kier molecular flexibility index (Phi) is 4.97. The third kappa shape index (κ3) is 3.61. The number of pyridine rings is 1. The number of hydrogen-bond acceptors (Lipinski definition) is 3. The summed E-state index contributed by atoms with van der Waals surface area (Å²) in [6.45, 7) is 7.67. The Morgan fingerprint density at radius 1 is 1.10 bits per heavy atom. The summed E-state index contributed by atoms with van der Waals surface area (Å²) in [5, 5.41) is 0. The minimum Gasteiger partial charge on any atom is -0.355 e. The SMILES string of the molecule is CCc1ccc(CN(C)c2nc(C)cc(C)c2CN)cc1. The second kappa shape index (κ2) is 6.72. The molecule has 0 saturated carbocycles. The van der Waals surface area contributed by atoms with E-state index in [0.29, 0.717) is 6.54 Å². The summed E-state index contributed by atoms with van der Waals surface area (Å²) >= 11 is 0. The molecule has 1 aromatic carbocycles. The van der Waals surface area contributed by atoms with Crippen molar-refractivity contribution in [2.75, 3.05) is 11.9 Å². The van der Waals surface area contributed by atoms with Crippen LogP contribution in [0.25, 0.3) is 0 Å². The predicted molar refractivity (Wildman–Crippen MR) is 89.5 cm³/mol. The van der Waals surface area contributed by atoms with Gasteiger partial charge in [0.15, 0.2) is 0 Å². The monoisotopic (exact) mass is 283 g/mol. The predicted octanol–water partition coefficient (Wildman–Crippen LogP) is 3.36.